The van der Waals surface area contributed by atoms with E-state index in [4.69, 9.17) is 0 Å². The molecule has 2 heterocycles. The number of hydrogen-bond acceptors (Lipinski definition) is 4. The average Bonchev–Trinajstić information content (AvgIpc) is 2.48. The Kier molecular flexibility index (Phi) is 2.96. The van der Waals surface area contributed by atoms with Crippen molar-refractivity contribution < 1.29 is 9.59 Å². The Morgan fingerprint density at radius 2 is 1.10 bits per heavy atom. The molecule has 2 amide bonds. The van der Waals surface area contributed by atoms with Crippen LogP contribution in [0.5, 0.6) is 0 Å². The summed E-state index contributed by atoms with van der Waals surface area (Å²) in [4.78, 5) is 29.7. The zero-order valence-corrected chi connectivity index (χ0v) is 10.3. The molecule has 0 spiro atoms. The molecule has 0 atom stereocenters. The van der Waals surface area contributed by atoms with Crippen LogP contribution in [0.4, 0.5) is 11.6 Å². The van der Waals surface area contributed by atoms with Gasteiger partial charge < -0.3 is 10.6 Å². The minimum Gasteiger partial charge on any atom is -0.313 e. The van der Waals surface area contributed by atoms with Gasteiger partial charge in [0.15, 0.2) is 0 Å². The third-order valence-electron chi connectivity index (χ3n) is 2.93. The maximum absolute atomic E-state index is 10.5. The summed E-state index contributed by atoms with van der Waals surface area (Å²) in [6.07, 6.45) is 1.15. The number of hydrogen-bond donors (Lipinski definition) is 2. The lowest BCUT2D eigenvalue weighted by molar-refractivity contribution is -0.106. The van der Waals surface area contributed by atoms with E-state index in [9.17, 15) is 9.59 Å². The van der Waals surface area contributed by atoms with E-state index in [1.165, 1.54) is 0 Å². The van der Waals surface area contributed by atoms with Gasteiger partial charge in [0.25, 0.3) is 0 Å². The standard InChI is InChI=1S/C14H10N4O2/c19-7-15-11-5-3-9-1-2-10-4-6-12(16-8-20)18-14(10)13(9)17-11/h1-8H,(H,15,17,19)(H,16,18,20). The Hall–Kier alpha value is -3.02. The molecule has 3 rings (SSSR count). The highest BCUT2D eigenvalue weighted by Crippen LogP contribution is 2.24. The van der Waals surface area contributed by atoms with E-state index in [0.717, 1.165) is 10.8 Å². The molecule has 6 nitrogen and oxygen atoms in total. The number of aromatic nitrogens is 2. The smallest absolute Gasteiger partial charge is 0.212 e. The van der Waals surface area contributed by atoms with Crippen molar-refractivity contribution in [3.05, 3.63) is 36.4 Å². The molecule has 2 N–H and O–H groups in total. The number of nitrogens with zero attached hydrogens (tertiary/aromatic N) is 2. The number of carbonyl (C=O) groups is 2. The van der Waals surface area contributed by atoms with E-state index < -0.39 is 0 Å². The lowest BCUT2D eigenvalue weighted by Gasteiger charge is -2.06. The molecule has 1 aromatic carbocycles. The second kappa shape index (κ2) is 4.93. The molecule has 0 aliphatic carbocycles. The normalized spacial score (nSPS) is 10.4. The summed E-state index contributed by atoms with van der Waals surface area (Å²) < 4.78 is 0. The summed E-state index contributed by atoms with van der Waals surface area (Å²) in [5.74, 6) is 0.908. The predicted octanol–water partition coefficient (Wildman–Crippen LogP) is 1.92. The van der Waals surface area contributed by atoms with Gasteiger partial charge in [-0.2, -0.15) is 0 Å². The highest BCUT2D eigenvalue weighted by Gasteiger charge is 2.06. The molecule has 3 aromatic rings. The molecular weight excluding hydrogens is 256 g/mol. The van der Waals surface area contributed by atoms with Crippen LogP contribution in [0.15, 0.2) is 36.4 Å². The maximum atomic E-state index is 10.5. The van der Waals surface area contributed by atoms with Gasteiger partial charge in [-0.05, 0) is 24.3 Å². The number of amides is 2. The number of fused-ring (bicyclic) bond motifs is 3. The predicted molar refractivity (Wildman–Crippen MR) is 76.4 cm³/mol. The second-order valence-electron chi connectivity index (χ2n) is 4.13. The van der Waals surface area contributed by atoms with Crippen LogP contribution in [0.25, 0.3) is 21.8 Å². The molecule has 0 aliphatic heterocycles. The number of pyridine rings is 2. The fourth-order valence-electron chi connectivity index (χ4n) is 2.05. The Morgan fingerprint density at radius 1 is 0.700 bits per heavy atom. The number of anilines is 2. The van der Waals surface area contributed by atoms with Crippen LogP contribution in [0.2, 0.25) is 0 Å². The first-order chi connectivity index (χ1) is 9.81. The lowest BCUT2D eigenvalue weighted by Crippen LogP contribution is -1.99. The van der Waals surface area contributed by atoms with Crippen molar-refractivity contribution in [2.45, 2.75) is 0 Å². The van der Waals surface area contributed by atoms with Gasteiger partial charge in [-0.3, -0.25) is 9.59 Å². The molecule has 20 heavy (non-hydrogen) atoms. The second-order valence-corrected chi connectivity index (χ2v) is 4.13. The molecule has 98 valence electrons. The first kappa shape index (κ1) is 12.0. The summed E-state index contributed by atoms with van der Waals surface area (Å²) in [5.41, 5.74) is 1.34. The van der Waals surface area contributed by atoms with Gasteiger partial charge >= 0.3 is 0 Å². The molecule has 0 radical (unpaired) electrons. The summed E-state index contributed by atoms with van der Waals surface area (Å²) in [6.45, 7) is 0. The minimum atomic E-state index is 0.454. The number of carbonyl (C=O) groups excluding carboxylic acids is 2. The number of benzene rings is 1. The highest BCUT2D eigenvalue weighted by atomic mass is 16.1. The summed E-state index contributed by atoms with van der Waals surface area (Å²) in [5, 5.41) is 6.84. The molecule has 0 aliphatic rings. The van der Waals surface area contributed by atoms with E-state index in [1.54, 1.807) is 12.1 Å². The van der Waals surface area contributed by atoms with Crippen LogP contribution in [-0.4, -0.2) is 22.8 Å². The van der Waals surface area contributed by atoms with E-state index in [1.807, 2.05) is 24.3 Å². The number of nitrogens with one attached hydrogen (secondary N) is 2. The van der Waals surface area contributed by atoms with Crippen LogP contribution in [0, 0.1) is 0 Å². The van der Waals surface area contributed by atoms with Crippen LogP contribution in [-0.2, 0) is 9.59 Å². The molecule has 0 fully saturated rings. The molecule has 0 unspecified atom stereocenters. The summed E-state index contributed by atoms with van der Waals surface area (Å²) in [6, 6.07) is 11.0. The zero-order chi connectivity index (χ0) is 13.9. The van der Waals surface area contributed by atoms with Crippen molar-refractivity contribution in [3.63, 3.8) is 0 Å². The van der Waals surface area contributed by atoms with E-state index in [-0.39, 0.29) is 0 Å². The fourth-order valence-corrected chi connectivity index (χ4v) is 2.05. The zero-order valence-electron chi connectivity index (χ0n) is 10.3. The van der Waals surface area contributed by atoms with Crippen molar-refractivity contribution in [1.29, 1.82) is 0 Å². The third-order valence-corrected chi connectivity index (χ3v) is 2.93. The maximum Gasteiger partial charge on any atom is 0.212 e. The van der Waals surface area contributed by atoms with Gasteiger partial charge in [0, 0.05) is 10.8 Å². The van der Waals surface area contributed by atoms with Crippen LogP contribution in [0.3, 0.4) is 0 Å². The van der Waals surface area contributed by atoms with Gasteiger partial charge in [0.1, 0.15) is 11.6 Å². The Balaban J connectivity index is 2.29. The van der Waals surface area contributed by atoms with Crippen molar-refractivity contribution in [2.24, 2.45) is 0 Å². The van der Waals surface area contributed by atoms with E-state index in [0.29, 0.717) is 35.5 Å². The van der Waals surface area contributed by atoms with Crippen molar-refractivity contribution in [3.8, 4) is 0 Å². The van der Waals surface area contributed by atoms with Gasteiger partial charge in [0.2, 0.25) is 12.8 Å². The number of rotatable bonds is 4. The molecular formula is C14H10N4O2. The molecule has 0 bridgehead atoms. The lowest BCUT2D eigenvalue weighted by atomic mass is 10.1. The SMILES string of the molecule is O=CNc1ccc2ccc3ccc(NC=O)nc3c2n1. The van der Waals surface area contributed by atoms with Crippen LogP contribution >= 0.6 is 0 Å². The fraction of sp³-hybridized carbons (Fsp3) is 0. The van der Waals surface area contributed by atoms with Gasteiger partial charge in [-0.1, -0.05) is 12.1 Å². The highest BCUT2D eigenvalue weighted by molar-refractivity contribution is 6.04. The Labute approximate surface area is 113 Å². The van der Waals surface area contributed by atoms with Crippen molar-refractivity contribution >= 4 is 46.3 Å². The quantitative estimate of drug-likeness (QED) is 0.558. The van der Waals surface area contributed by atoms with E-state index >= 15 is 0 Å². The average molecular weight is 266 g/mol. The largest absolute Gasteiger partial charge is 0.313 e. The van der Waals surface area contributed by atoms with Crippen LogP contribution < -0.4 is 10.6 Å². The minimum absolute atomic E-state index is 0.454. The molecule has 6 heteroatoms. The first-order valence-corrected chi connectivity index (χ1v) is 5.93. The molecule has 0 saturated heterocycles. The van der Waals surface area contributed by atoms with Gasteiger partial charge in [-0.25, -0.2) is 9.97 Å². The van der Waals surface area contributed by atoms with Gasteiger partial charge in [-0.15, -0.1) is 0 Å². The van der Waals surface area contributed by atoms with E-state index in [2.05, 4.69) is 20.6 Å². The summed E-state index contributed by atoms with van der Waals surface area (Å²) in [7, 11) is 0. The molecule has 0 saturated carbocycles. The topological polar surface area (TPSA) is 84.0 Å². The van der Waals surface area contributed by atoms with Crippen molar-refractivity contribution in [1.82, 2.24) is 9.97 Å². The Morgan fingerprint density at radius 3 is 1.50 bits per heavy atom. The third kappa shape index (κ3) is 2.03. The Bertz CT molecular complexity index is 748. The monoisotopic (exact) mass is 266 g/mol. The first-order valence-electron chi connectivity index (χ1n) is 5.93. The molecule has 2 aromatic heterocycles. The van der Waals surface area contributed by atoms with Crippen LogP contribution in [0.1, 0.15) is 0 Å². The van der Waals surface area contributed by atoms with Crippen molar-refractivity contribution in [2.75, 3.05) is 10.6 Å². The van der Waals surface area contributed by atoms with Gasteiger partial charge in [0.05, 0.1) is 11.0 Å². The summed E-state index contributed by atoms with van der Waals surface area (Å²) >= 11 is 0.